The number of hydrogen-bond acceptors (Lipinski definition) is 3. The summed E-state index contributed by atoms with van der Waals surface area (Å²) in [5, 5.41) is 10.2. The lowest BCUT2D eigenvalue weighted by Crippen LogP contribution is -2.46. The highest BCUT2D eigenvalue weighted by atomic mass is 35.5. The molecule has 0 heterocycles. The molecule has 9 heteroatoms. The Hall–Kier alpha value is -1.83. The lowest BCUT2D eigenvalue weighted by Gasteiger charge is -2.29. The third-order valence-electron chi connectivity index (χ3n) is 3.43. The van der Waals surface area contributed by atoms with Gasteiger partial charge in [-0.25, -0.2) is 17.6 Å². The summed E-state index contributed by atoms with van der Waals surface area (Å²) in [6.45, 7) is 0. The van der Waals surface area contributed by atoms with Gasteiger partial charge in [-0.05, 0) is 42.0 Å². The number of nitrogens with zero attached hydrogens (tertiary/aromatic N) is 1. The van der Waals surface area contributed by atoms with Gasteiger partial charge in [0.1, 0.15) is 11.9 Å². The van der Waals surface area contributed by atoms with Crippen molar-refractivity contribution in [3.63, 3.8) is 0 Å². The Bertz CT molecular complexity index is 888. The Kier molecular flexibility index (Phi) is 5.92. The second kappa shape index (κ2) is 7.59. The number of anilines is 1. The van der Waals surface area contributed by atoms with Gasteiger partial charge in [0.2, 0.25) is 10.0 Å². The molecule has 25 heavy (non-hydrogen) atoms. The zero-order valence-corrected chi connectivity index (χ0v) is 15.3. The predicted molar refractivity (Wildman–Crippen MR) is 95.3 cm³/mol. The summed E-state index contributed by atoms with van der Waals surface area (Å²) in [4.78, 5) is 11.8. The fourth-order valence-corrected chi connectivity index (χ4v) is 3.97. The molecule has 0 radical (unpaired) electrons. The molecule has 0 aliphatic carbocycles. The van der Waals surface area contributed by atoms with E-state index in [4.69, 9.17) is 23.2 Å². The molecular weight excluding hydrogens is 392 g/mol. The lowest BCUT2D eigenvalue weighted by molar-refractivity contribution is -0.138. The molecule has 1 N–H and O–H groups in total. The highest BCUT2D eigenvalue weighted by molar-refractivity contribution is 7.92. The van der Waals surface area contributed by atoms with Gasteiger partial charge in [-0.15, -0.1) is 0 Å². The van der Waals surface area contributed by atoms with Gasteiger partial charge >= 0.3 is 5.97 Å². The molecule has 5 nitrogen and oxygen atoms in total. The summed E-state index contributed by atoms with van der Waals surface area (Å²) in [5.41, 5.74) is 0.468. The van der Waals surface area contributed by atoms with Gasteiger partial charge in [0.15, 0.2) is 0 Å². The molecule has 2 aromatic rings. The molecule has 0 aromatic heterocycles. The van der Waals surface area contributed by atoms with Crippen molar-refractivity contribution in [3.8, 4) is 0 Å². The number of rotatable bonds is 6. The average Bonchev–Trinajstić information content (AvgIpc) is 2.49. The largest absolute Gasteiger partial charge is 0.480 e. The van der Waals surface area contributed by atoms with Crippen molar-refractivity contribution >= 4 is 44.9 Å². The first-order chi connectivity index (χ1) is 11.6. The van der Waals surface area contributed by atoms with Crippen molar-refractivity contribution in [2.45, 2.75) is 12.5 Å². The van der Waals surface area contributed by atoms with Gasteiger partial charge in [0, 0.05) is 16.5 Å². The molecular formula is C16H14Cl2FNO4S. The Morgan fingerprint density at radius 3 is 2.28 bits per heavy atom. The molecule has 0 saturated heterocycles. The normalized spacial score (nSPS) is 12.6. The van der Waals surface area contributed by atoms with E-state index in [0.717, 1.165) is 22.7 Å². The van der Waals surface area contributed by atoms with E-state index in [9.17, 15) is 22.7 Å². The number of sulfonamides is 1. The van der Waals surface area contributed by atoms with Gasteiger partial charge in [0.05, 0.1) is 11.9 Å². The molecule has 2 aromatic carbocycles. The van der Waals surface area contributed by atoms with Gasteiger partial charge < -0.3 is 5.11 Å². The van der Waals surface area contributed by atoms with Crippen LogP contribution in [0.4, 0.5) is 10.1 Å². The number of hydrogen-bond donors (Lipinski definition) is 1. The quantitative estimate of drug-likeness (QED) is 0.796. The molecule has 0 bridgehead atoms. The van der Waals surface area contributed by atoms with Crippen molar-refractivity contribution in [3.05, 3.63) is 63.9 Å². The van der Waals surface area contributed by atoms with E-state index in [-0.39, 0.29) is 17.1 Å². The lowest BCUT2D eigenvalue weighted by atomic mass is 10.1. The van der Waals surface area contributed by atoms with Crippen LogP contribution in [-0.2, 0) is 21.2 Å². The van der Waals surface area contributed by atoms with Crippen LogP contribution in [0.25, 0.3) is 0 Å². The maximum atomic E-state index is 13.1. The SMILES string of the molecule is CS(=O)(=O)N(c1ccc(F)cc1)C(Cc1ccc(Cl)cc1Cl)C(=O)O. The Morgan fingerprint density at radius 2 is 1.80 bits per heavy atom. The van der Waals surface area contributed by atoms with Crippen LogP contribution in [0.15, 0.2) is 42.5 Å². The van der Waals surface area contributed by atoms with E-state index in [1.54, 1.807) is 0 Å². The molecule has 0 aliphatic rings. The highest BCUT2D eigenvalue weighted by Gasteiger charge is 2.33. The van der Waals surface area contributed by atoms with Gasteiger partial charge in [-0.2, -0.15) is 0 Å². The zero-order chi connectivity index (χ0) is 18.8. The second-order valence-corrected chi connectivity index (χ2v) is 8.03. The topological polar surface area (TPSA) is 74.7 Å². The zero-order valence-electron chi connectivity index (χ0n) is 13.0. The Morgan fingerprint density at radius 1 is 1.20 bits per heavy atom. The standard InChI is InChI=1S/C16H14Cl2FNO4S/c1-25(23,24)20(13-6-4-12(19)5-7-13)15(16(21)22)8-10-2-3-11(17)9-14(10)18/h2-7,9,15H,8H2,1H3,(H,21,22). The number of aliphatic carboxylic acids is 1. The third kappa shape index (κ3) is 4.84. The fraction of sp³-hybridized carbons (Fsp3) is 0.188. The van der Waals surface area contributed by atoms with E-state index in [2.05, 4.69) is 0 Å². The first-order valence-electron chi connectivity index (χ1n) is 7.01. The van der Waals surface area contributed by atoms with E-state index < -0.39 is 27.9 Å². The third-order valence-corrected chi connectivity index (χ3v) is 5.20. The number of carboxylic acid groups (broad SMARTS) is 1. The summed E-state index contributed by atoms with van der Waals surface area (Å²) in [6, 6.07) is 7.57. The highest BCUT2D eigenvalue weighted by Crippen LogP contribution is 2.27. The molecule has 1 atom stereocenters. The van der Waals surface area contributed by atoms with Crippen LogP contribution in [0.5, 0.6) is 0 Å². The van der Waals surface area contributed by atoms with Crippen LogP contribution in [0.2, 0.25) is 10.0 Å². The Labute approximate surface area is 154 Å². The molecule has 0 spiro atoms. The monoisotopic (exact) mass is 405 g/mol. The van der Waals surface area contributed by atoms with Crippen LogP contribution >= 0.6 is 23.2 Å². The van der Waals surface area contributed by atoms with Crippen LogP contribution in [0, 0.1) is 5.82 Å². The maximum absolute atomic E-state index is 13.1. The van der Waals surface area contributed by atoms with Gasteiger partial charge in [0.25, 0.3) is 0 Å². The van der Waals surface area contributed by atoms with E-state index >= 15 is 0 Å². The molecule has 2 rings (SSSR count). The fourth-order valence-electron chi connectivity index (χ4n) is 2.36. The molecule has 134 valence electrons. The molecule has 0 amide bonds. The number of carboxylic acids is 1. The smallest absolute Gasteiger partial charge is 0.327 e. The van der Waals surface area contributed by atoms with Crippen LogP contribution in [0.1, 0.15) is 5.56 Å². The van der Waals surface area contributed by atoms with Gasteiger partial charge in [-0.3, -0.25) is 4.31 Å². The number of carbonyl (C=O) groups is 1. The minimum absolute atomic E-state index is 0.0429. The molecule has 1 unspecified atom stereocenters. The average molecular weight is 406 g/mol. The summed E-state index contributed by atoms with van der Waals surface area (Å²) in [6.07, 6.45) is 0.700. The first kappa shape index (κ1) is 19.5. The first-order valence-corrected chi connectivity index (χ1v) is 9.61. The summed E-state index contributed by atoms with van der Waals surface area (Å²) < 4.78 is 38.3. The van der Waals surface area contributed by atoms with Crippen molar-refractivity contribution in [1.29, 1.82) is 0 Å². The molecule has 0 saturated carbocycles. The van der Waals surface area contributed by atoms with Crippen LogP contribution in [0.3, 0.4) is 0 Å². The number of halogens is 3. The predicted octanol–water partition coefficient (Wildman–Crippen LogP) is 3.59. The maximum Gasteiger partial charge on any atom is 0.327 e. The summed E-state index contributed by atoms with van der Waals surface area (Å²) in [7, 11) is -3.96. The van der Waals surface area contributed by atoms with E-state index in [1.807, 2.05) is 0 Å². The van der Waals surface area contributed by atoms with Crippen molar-refractivity contribution in [2.75, 3.05) is 10.6 Å². The van der Waals surface area contributed by atoms with E-state index in [1.165, 1.54) is 30.3 Å². The van der Waals surface area contributed by atoms with Crippen molar-refractivity contribution in [2.24, 2.45) is 0 Å². The Balaban J connectivity index is 2.50. The van der Waals surface area contributed by atoms with Crippen molar-refractivity contribution < 1.29 is 22.7 Å². The van der Waals surface area contributed by atoms with Gasteiger partial charge in [-0.1, -0.05) is 29.3 Å². The number of benzene rings is 2. The summed E-state index contributed by atoms with van der Waals surface area (Å²) >= 11 is 11.9. The molecule has 0 aliphatic heterocycles. The summed E-state index contributed by atoms with van der Waals surface area (Å²) in [5.74, 6) is -1.93. The van der Waals surface area contributed by atoms with Crippen LogP contribution < -0.4 is 4.31 Å². The molecule has 0 fully saturated rings. The van der Waals surface area contributed by atoms with Crippen LogP contribution in [-0.4, -0.2) is 31.8 Å². The van der Waals surface area contributed by atoms with Crippen molar-refractivity contribution in [1.82, 2.24) is 0 Å². The minimum atomic E-state index is -3.96. The van der Waals surface area contributed by atoms with E-state index in [0.29, 0.717) is 10.6 Å². The second-order valence-electron chi connectivity index (χ2n) is 5.33. The minimum Gasteiger partial charge on any atom is -0.480 e.